The number of imidazole rings is 1. The Balaban J connectivity index is 2.25. The summed E-state index contributed by atoms with van der Waals surface area (Å²) in [5.74, 6) is 0.820. The first kappa shape index (κ1) is 12.4. The summed E-state index contributed by atoms with van der Waals surface area (Å²) in [4.78, 5) is 4.22. The van der Waals surface area contributed by atoms with Crippen molar-refractivity contribution in [3.05, 3.63) is 52.0 Å². The molecular weight excluding hydrogens is 257 g/mol. The third-order valence-corrected chi connectivity index (χ3v) is 3.38. The van der Waals surface area contributed by atoms with E-state index in [1.807, 2.05) is 36.0 Å². The van der Waals surface area contributed by atoms with Crippen LogP contribution in [0.2, 0.25) is 10.0 Å². The van der Waals surface area contributed by atoms with Crippen molar-refractivity contribution in [2.24, 2.45) is 12.8 Å². The van der Waals surface area contributed by atoms with Crippen molar-refractivity contribution in [2.75, 3.05) is 0 Å². The van der Waals surface area contributed by atoms with Crippen LogP contribution in [-0.2, 0) is 13.5 Å². The van der Waals surface area contributed by atoms with Crippen molar-refractivity contribution in [3.8, 4) is 0 Å². The maximum Gasteiger partial charge on any atom is 0.125 e. The number of rotatable bonds is 3. The minimum absolute atomic E-state index is 0.215. The van der Waals surface area contributed by atoms with Crippen molar-refractivity contribution < 1.29 is 0 Å². The maximum absolute atomic E-state index is 6.11. The van der Waals surface area contributed by atoms with Gasteiger partial charge in [0.15, 0.2) is 0 Å². The highest BCUT2D eigenvalue weighted by molar-refractivity contribution is 6.35. The fraction of sp³-hybridized carbons (Fsp3) is 0.250. The first-order chi connectivity index (χ1) is 8.09. The van der Waals surface area contributed by atoms with Gasteiger partial charge in [0.05, 0.1) is 6.04 Å². The monoisotopic (exact) mass is 269 g/mol. The molecule has 1 atom stereocenters. The highest BCUT2D eigenvalue weighted by Gasteiger charge is 2.15. The molecule has 2 aromatic rings. The van der Waals surface area contributed by atoms with Gasteiger partial charge in [0.2, 0.25) is 0 Å². The van der Waals surface area contributed by atoms with Crippen LogP contribution in [0.25, 0.3) is 0 Å². The van der Waals surface area contributed by atoms with Gasteiger partial charge in [0, 0.05) is 29.5 Å². The largest absolute Gasteiger partial charge is 0.337 e. The van der Waals surface area contributed by atoms with Gasteiger partial charge >= 0.3 is 0 Å². The van der Waals surface area contributed by atoms with Gasteiger partial charge in [-0.2, -0.15) is 0 Å². The molecule has 17 heavy (non-hydrogen) atoms. The van der Waals surface area contributed by atoms with Crippen LogP contribution < -0.4 is 5.73 Å². The van der Waals surface area contributed by atoms with Crippen molar-refractivity contribution >= 4 is 23.2 Å². The van der Waals surface area contributed by atoms with Gasteiger partial charge in [0.25, 0.3) is 0 Å². The average Bonchev–Trinajstić information content (AvgIpc) is 2.70. The summed E-state index contributed by atoms with van der Waals surface area (Å²) in [6.07, 6.45) is 4.16. The van der Waals surface area contributed by atoms with Crippen LogP contribution in [0.15, 0.2) is 30.6 Å². The molecule has 0 fully saturated rings. The number of hydrogen-bond donors (Lipinski definition) is 1. The van der Waals surface area contributed by atoms with E-state index < -0.39 is 0 Å². The molecule has 0 aliphatic carbocycles. The lowest BCUT2D eigenvalue weighted by molar-refractivity contribution is 0.632. The van der Waals surface area contributed by atoms with Crippen LogP contribution in [0.4, 0.5) is 0 Å². The normalized spacial score (nSPS) is 12.7. The molecule has 1 aromatic heterocycles. The molecule has 0 saturated carbocycles. The molecule has 0 radical (unpaired) electrons. The molecule has 0 aliphatic rings. The fourth-order valence-corrected chi connectivity index (χ4v) is 2.32. The van der Waals surface area contributed by atoms with Crippen molar-refractivity contribution in [1.29, 1.82) is 0 Å². The molecule has 1 aromatic carbocycles. The molecule has 1 heterocycles. The molecule has 0 bridgehead atoms. The smallest absolute Gasteiger partial charge is 0.125 e. The van der Waals surface area contributed by atoms with E-state index in [1.165, 1.54) is 0 Å². The van der Waals surface area contributed by atoms with Crippen LogP contribution >= 0.6 is 23.2 Å². The highest BCUT2D eigenvalue weighted by Crippen LogP contribution is 2.27. The predicted octanol–water partition coefficient (Wildman–Crippen LogP) is 2.97. The summed E-state index contributed by atoms with van der Waals surface area (Å²) < 4.78 is 1.90. The zero-order valence-electron chi connectivity index (χ0n) is 9.40. The SMILES string of the molecule is Cn1ccnc1C(N)Cc1c(Cl)cccc1Cl. The first-order valence-corrected chi connectivity index (χ1v) is 6.01. The van der Waals surface area contributed by atoms with E-state index in [-0.39, 0.29) is 6.04 Å². The summed E-state index contributed by atoms with van der Waals surface area (Å²) in [5, 5.41) is 1.28. The average molecular weight is 270 g/mol. The molecule has 0 saturated heterocycles. The summed E-state index contributed by atoms with van der Waals surface area (Å²) in [6.45, 7) is 0. The minimum Gasteiger partial charge on any atom is -0.337 e. The second-order valence-electron chi connectivity index (χ2n) is 3.91. The summed E-state index contributed by atoms with van der Waals surface area (Å²) >= 11 is 12.2. The Morgan fingerprint density at radius 3 is 2.53 bits per heavy atom. The second-order valence-corrected chi connectivity index (χ2v) is 4.72. The van der Waals surface area contributed by atoms with Crippen LogP contribution in [0, 0.1) is 0 Å². The number of nitrogens with two attached hydrogens (primary N) is 1. The third-order valence-electron chi connectivity index (χ3n) is 2.68. The summed E-state index contributed by atoms with van der Waals surface area (Å²) in [5.41, 5.74) is 6.98. The van der Waals surface area contributed by atoms with Crippen molar-refractivity contribution in [2.45, 2.75) is 12.5 Å². The molecule has 1 unspecified atom stereocenters. The standard InChI is InChI=1S/C12H13Cl2N3/c1-17-6-5-16-12(17)11(15)7-8-9(13)3-2-4-10(8)14/h2-6,11H,7,15H2,1H3. The number of aromatic nitrogens is 2. The predicted molar refractivity (Wildman–Crippen MR) is 70.3 cm³/mol. The van der Waals surface area contributed by atoms with Crippen molar-refractivity contribution in [3.63, 3.8) is 0 Å². The summed E-state index contributed by atoms with van der Waals surface area (Å²) in [7, 11) is 1.91. The number of benzene rings is 1. The van der Waals surface area contributed by atoms with E-state index in [9.17, 15) is 0 Å². The molecular formula is C12H13Cl2N3. The van der Waals surface area contributed by atoms with Gasteiger partial charge in [-0.25, -0.2) is 4.98 Å². The molecule has 5 heteroatoms. The Labute approximate surface area is 110 Å². The Kier molecular flexibility index (Phi) is 3.72. The van der Waals surface area contributed by atoms with Gasteiger partial charge in [-0.15, -0.1) is 0 Å². The van der Waals surface area contributed by atoms with Gasteiger partial charge in [0.1, 0.15) is 5.82 Å². The van der Waals surface area contributed by atoms with Gasteiger partial charge < -0.3 is 10.3 Å². The van der Waals surface area contributed by atoms with Crippen LogP contribution in [0.1, 0.15) is 17.4 Å². The topological polar surface area (TPSA) is 43.8 Å². The van der Waals surface area contributed by atoms with E-state index in [2.05, 4.69) is 4.98 Å². The number of hydrogen-bond acceptors (Lipinski definition) is 2. The second kappa shape index (κ2) is 5.08. The molecule has 90 valence electrons. The highest BCUT2D eigenvalue weighted by atomic mass is 35.5. The van der Waals surface area contributed by atoms with Crippen LogP contribution in [0.5, 0.6) is 0 Å². The van der Waals surface area contributed by atoms with E-state index in [4.69, 9.17) is 28.9 Å². The molecule has 0 aliphatic heterocycles. The third kappa shape index (κ3) is 2.63. The first-order valence-electron chi connectivity index (χ1n) is 5.25. The minimum atomic E-state index is -0.215. The lowest BCUT2D eigenvalue weighted by Crippen LogP contribution is -2.18. The molecule has 0 amide bonds. The lowest BCUT2D eigenvalue weighted by Gasteiger charge is -2.13. The number of aryl methyl sites for hydroxylation is 1. The van der Waals surface area contributed by atoms with E-state index >= 15 is 0 Å². The quantitative estimate of drug-likeness (QED) is 0.931. The van der Waals surface area contributed by atoms with Gasteiger partial charge in [-0.1, -0.05) is 29.3 Å². The van der Waals surface area contributed by atoms with Crippen LogP contribution in [-0.4, -0.2) is 9.55 Å². The van der Waals surface area contributed by atoms with Gasteiger partial charge in [-0.05, 0) is 24.1 Å². The van der Waals surface area contributed by atoms with Crippen LogP contribution in [0.3, 0.4) is 0 Å². The maximum atomic E-state index is 6.11. The lowest BCUT2D eigenvalue weighted by atomic mass is 10.1. The molecule has 2 N–H and O–H groups in total. The number of nitrogens with zero attached hydrogens (tertiary/aromatic N) is 2. The Hall–Kier alpha value is -1.03. The van der Waals surface area contributed by atoms with E-state index in [0.29, 0.717) is 16.5 Å². The zero-order chi connectivity index (χ0) is 12.4. The Morgan fingerprint density at radius 2 is 2.00 bits per heavy atom. The molecule has 3 nitrogen and oxygen atoms in total. The fourth-order valence-electron chi connectivity index (χ4n) is 1.77. The summed E-state index contributed by atoms with van der Waals surface area (Å²) in [6, 6.07) is 5.23. The van der Waals surface area contributed by atoms with Crippen molar-refractivity contribution in [1.82, 2.24) is 9.55 Å². The Morgan fingerprint density at radius 1 is 1.35 bits per heavy atom. The molecule has 0 spiro atoms. The molecule has 2 rings (SSSR count). The zero-order valence-corrected chi connectivity index (χ0v) is 10.9. The van der Waals surface area contributed by atoms with E-state index in [1.54, 1.807) is 6.20 Å². The van der Waals surface area contributed by atoms with E-state index in [0.717, 1.165) is 11.4 Å². The number of halogens is 2. The van der Waals surface area contributed by atoms with Gasteiger partial charge in [-0.3, -0.25) is 0 Å². The Bertz CT molecular complexity index is 502.